The second-order valence-electron chi connectivity index (χ2n) is 2.06. The van der Waals surface area contributed by atoms with Gasteiger partial charge in [-0.05, 0) is 19.4 Å². The van der Waals surface area contributed by atoms with E-state index in [1.54, 1.807) is 6.08 Å². The molecule has 0 aliphatic rings. The van der Waals surface area contributed by atoms with E-state index in [0.29, 0.717) is 6.26 Å². The molecule has 0 amide bonds. The van der Waals surface area contributed by atoms with Crippen LogP contribution < -0.4 is 0 Å². The van der Waals surface area contributed by atoms with Crippen molar-refractivity contribution < 1.29 is 9.50 Å². The van der Waals surface area contributed by atoms with Gasteiger partial charge >= 0.3 is 0 Å². The SMILES string of the molecule is C\C=C(/C=C\C(F)=C\O)CC. The topological polar surface area (TPSA) is 20.2 Å². The minimum Gasteiger partial charge on any atom is -0.513 e. The van der Waals surface area contributed by atoms with E-state index in [2.05, 4.69) is 0 Å². The maximum Gasteiger partial charge on any atom is 0.157 e. The largest absolute Gasteiger partial charge is 0.513 e. The third-order valence-electron chi connectivity index (χ3n) is 1.36. The van der Waals surface area contributed by atoms with Gasteiger partial charge in [0.15, 0.2) is 5.83 Å². The minimum atomic E-state index is -0.627. The fourth-order valence-electron chi connectivity index (χ4n) is 0.648. The van der Waals surface area contributed by atoms with Crippen molar-refractivity contribution in [2.24, 2.45) is 0 Å². The van der Waals surface area contributed by atoms with Gasteiger partial charge in [0.2, 0.25) is 0 Å². The van der Waals surface area contributed by atoms with E-state index in [4.69, 9.17) is 5.11 Å². The molecule has 0 aromatic rings. The second kappa shape index (κ2) is 5.71. The van der Waals surface area contributed by atoms with Crippen LogP contribution in [0.4, 0.5) is 4.39 Å². The van der Waals surface area contributed by atoms with Crippen LogP contribution in [-0.4, -0.2) is 5.11 Å². The van der Waals surface area contributed by atoms with Crippen molar-refractivity contribution in [1.29, 1.82) is 0 Å². The Balaban J connectivity index is 4.12. The van der Waals surface area contributed by atoms with Crippen LogP contribution in [0.5, 0.6) is 0 Å². The minimum absolute atomic E-state index is 0.444. The third kappa shape index (κ3) is 4.37. The Labute approximate surface area is 66.5 Å². The van der Waals surface area contributed by atoms with Crippen LogP contribution in [0, 0.1) is 0 Å². The number of halogens is 1. The van der Waals surface area contributed by atoms with Crippen molar-refractivity contribution in [2.45, 2.75) is 20.3 Å². The van der Waals surface area contributed by atoms with Crippen molar-refractivity contribution >= 4 is 0 Å². The summed E-state index contributed by atoms with van der Waals surface area (Å²) in [6.45, 7) is 3.88. The molecular formula is C9H13FO. The van der Waals surface area contributed by atoms with E-state index in [1.165, 1.54) is 6.08 Å². The highest BCUT2D eigenvalue weighted by Crippen LogP contribution is 2.05. The van der Waals surface area contributed by atoms with E-state index in [9.17, 15) is 4.39 Å². The van der Waals surface area contributed by atoms with Crippen LogP contribution in [0.25, 0.3) is 0 Å². The predicted octanol–water partition coefficient (Wildman–Crippen LogP) is 3.27. The smallest absolute Gasteiger partial charge is 0.157 e. The molecule has 0 heterocycles. The zero-order valence-electron chi connectivity index (χ0n) is 6.84. The fourth-order valence-corrected chi connectivity index (χ4v) is 0.648. The molecule has 2 heteroatoms. The summed E-state index contributed by atoms with van der Waals surface area (Å²) in [5.74, 6) is -0.627. The molecule has 0 aliphatic heterocycles. The molecule has 11 heavy (non-hydrogen) atoms. The Morgan fingerprint density at radius 1 is 1.45 bits per heavy atom. The molecule has 0 rings (SSSR count). The zero-order valence-corrected chi connectivity index (χ0v) is 6.84. The highest BCUT2D eigenvalue weighted by molar-refractivity contribution is 5.23. The van der Waals surface area contributed by atoms with Crippen LogP contribution in [0.2, 0.25) is 0 Å². The van der Waals surface area contributed by atoms with Gasteiger partial charge in [-0.1, -0.05) is 24.6 Å². The molecule has 0 unspecified atom stereocenters. The summed E-state index contributed by atoms with van der Waals surface area (Å²) < 4.78 is 12.3. The Bertz CT molecular complexity index is 190. The average molecular weight is 156 g/mol. The van der Waals surface area contributed by atoms with E-state index >= 15 is 0 Å². The number of aliphatic hydroxyl groups excluding tert-OH is 1. The molecule has 0 aliphatic carbocycles. The van der Waals surface area contributed by atoms with E-state index in [-0.39, 0.29) is 0 Å². The van der Waals surface area contributed by atoms with Crippen LogP contribution >= 0.6 is 0 Å². The average Bonchev–Trinajstić information content (AvgIpc) is 2.06. The number of allylic oxidation sites excluding steroid dienone is 5. The molecule has 1 N–H and O–H groups in total. The molecule has 0 aromatic carbocycles. The van der Waals surface area contributed by atoms with Gasteiger partial charge in [-0.15, -0.1) is 0 Å². The van der Waals surface area contributed by atoms with Gasteiger partial charge in [0.05, 0.1) is 0 Å². The predicted molar refractivity (Wildman–Crippen MR) is 45.0 cm³/mol. The van der Waals surface area contributed by atoms with Crippen LogP contribution in [0.15, 0.2) is 35.9 Å². The first-order valence-electron chi connectivity index (χ1n) is 3.57. The second-order valence-corrected chi connectivity index (χ2v) is 2.06. The molecule has 0 saturated carbocycles. The standard InChI is InChI=1S/C9H13FO/c1-3-8(4-2)5-6-9(10)7-11/h3,5-7,11H,4H2,1-2H3/b6-5-,8-3-,9-7-. The molecule has 0 aromatic heterocycles. The van der Waals surface area contributed by atoms with Crippen LogP contribution in [-0.2, 0) is 0 Å². The fraction of sp³-hybridized carbons (Fsp3) is 0.333. The van der Waals surface area contributed by atoms with Gasteiger partial charge in [0.25, 0.3) is 0 Å². The number of aliphatic hydroxyl groups is 1. The Morgan fingerprint density at radius 3 is 2.45 bits per heavy atom. The van der Waals surface area contributed by atoms with Gasteiger partial charge in [0, 0.05) is 0 Å². The molecule has 0 spiro atoms. The van der Waals surface area contributed by atoms with E-state index in [1.807, 2.05) is 19.9 Å². The first-order valence-corrected chi connectivity index (χ1v) is 3.57. The Morgan fingerprint density at radius 2 is 2.09 bits per heavy atom. The molecule has 0 bridgehead atoms. The Hall–Kier alpha value is -1.05. The molecular weight excluding hydrogens is 143 g/mol. The van der Waals surface area contributed by atoms with Gasteiger partial charge in [-0.25, -0.2) is 4.39 Å². The highest BCUT2D eigenvalue weighted by atomic mass is 19.1. The van der Waals surface area contributed by atoms with Crippen molar-refractivity contribution in [2.75, 3.05) is 0 Å². The summed E-state index contributed by atoms with van der Waals surface area (Å²) in [7, 11) is 0. The summed E-state index contributed by atoms with van der Waals surface area (Å²) in [5.41, 5.74) is 1.04. The van der Waals surface area contributed by atoms with Crippen molar-refractivity contribution in [1.82, 2.24) is 0 Å². The lowest BCUT2D eigenvalue weighted by molar-refractivity contribution is 0.447. The summed E-state index contributed by atoms with van der Waals surface area (Å²) in [6, 6.07) is 0. The summed E-state index contributed by atoms with van der Waals surface area (Å²) in [6.07, 6.45) is 6.09. The lowest BCUT2D eigenvalue weighted by Gasteiger charge is -1.92. The molecule has 1 nitrogen and oxygen atoms in total. The number of hydrogen-bond donors (Lipinski definition) is 1. The van der Waals surface area contributed by atoms with Gasteiger partial charge in [-0.3, -0.25) is 0 Å². The lowest BCUT2D eigenvalue weighted by atomic mass is 10.2. The molecule has 0 saturated heterocycles. The number of hydrogen-bond acceptors (Lipinski definition) is 1. The molecule has 0 atom stereocenters. The normalized spacial score (nSPS) is 14.5. The first-order chi connectivity index (χ1) is 5.24. The molecule has 0 radical (unpaired) electrons. The van der Waals surface area contributed by atoms with E-state index in [0.717, 1.165) is 12.0 Å². The zero-order chi connectivity index (χ0) is 8.69. The monoisotopic (exact) mass is 156 g/mol. The number of rotatable bonds is 3. The van der Waals surface area contributed by atoms with Crippen molar-refractivity contribution in [3.8, 4) is 0 Å². The summed E-state index contributed by atoms with van der Waals surface area (Å²) >= 11 is 0. The van der Waals surface area contributed by atoms with Gasteiger partial charge in [0.1, 0.15) is 6.26 Å². The van der Waals surface area contributed by atoms with Gasteiger partial charge < -0.3 is 5.11 Å². The van der Waals surface area contributed by atoms with E-state index < -0.39 is 5.83 Å². The van der Waals surface area contributed by atoms with Crippen molar-refractivity contribution in [3.63, 3.8) is 0 Å². The van der Waals surface area contributed by atoms with Crippen LogP contribution in [0.3, 0.4) is 0 Å². The van der Waals surface area contributed by atoms with Crippen molar-refractivity contribution in [3.05, 3.63) is 35.9 Å². The van der Waals surface area contributed by atoms with Crippen LogP contribution in [0.1, 0.15) is 20.3 Å². The maximum atomic E-state index is 12.3. The Kier molecular flexibility index (Phi) is 5.17. The quantitative estimate of drug-likeness (QED) is 0.491. The first kappa shape index (κ1) is 9.95. The summed E-state index contributed by atoms with van der Waals surface area (Å²) in [4.78, 5) is 0. The third-order valence-corrected chi connectivity index (χ3v) is 1.36. The summed E-state index contributed by atoms with van der Waals surface area (Å²) in [5, 5.41) is 8.19. The van der Waals surface area contributed by atoms with Gasteiger partial charge in [-0.2, -0.15) is 0 Å². The highest BCUT2D eigenvalue weighted by Gasteiger charge is 1.87. The maximum absolute atomic E-state index is 12.3. The lowest BCUT2D eigenvalue weighted by Crippen LogP contribution is -1.73. The molecule has 0 fully saturated rings. The molecule has 62 valence electrons.